The Morgan fingerprint density at radius 2 is 1.92 bits per heavy atom. The maximum atomic E-state index is 12.4. The van der Waals surface area contributed by atoms with Crippen LogP contribution in [0.1, 0.15) is 17.0 Å². The fourth-order valence-electron chi connectivity index (χ4n) is 3.43. The predicted octanol–water partition coefficient (Wildman–Crippen LogP) is 3.76. The first-order chi connectivity index (χ1) is 18.7. The number of anilines is 1. The number of carbonyl (C=O) groups is 2. The van der Waals surface area contributed by atoms with E-state index in [-0.39, 0.29) is 29.8 Å². The first-order valence-electron chi connectivity index (χ1n) is 11.6. The van der Waals surface area contributed by atoms with E-state index in [2.05, 4.69) is 27.4 Å². The van der Waals surface area contributed by atoms with Gasteiger partial charge in [-0.3, -0.25) is 19.7 Å². The van der Waals surface area contributed by atoms with E-state index in [9.17, 15) is 19.7 Å². The van der Waals surface area contributed by atoms with Crippen molar-refractivity contribution in [1.82, 2.24) is 20.1 Å². The van der Waals surface area contributed by atoms with E-state index in [0.717, 1.165) is 17.3 Å². The van der Waals surface area contributed by atoms with Crippen molar-refractivity contribution < 1.29 is 24.0 Å². The summed E-state index contributed by atoms with van der Waals surface area (Å²) in [6.45, 7) is 5.85. The van der Waals surface area contributed by atoms with E-state index in [0.29, 0.717) is 40.3 Å². The largest absolute Gasteiger partial charge is 0.493 e. The van der Waals surface area contributed by atoms with Gasteiger partial charge in [-0.25, -0.2) is 0 Å². The van der Waals surface area contributed by atoms with E-state index in [1.165, 1.54) is 19.3 Å². The molecule has 0 unspecified atom stereocenters. The highest BCUT2D eigenvalue weighted by Crippen LogP contribution is 2.28. The fraction of sp³-hybridized carbons (Fsp3) is 0.231. The number of nitro groups is 1. The first kappa shape index (κ1) is 28.9. The molecule has 13 heteroatoms. The SMILES string of the molecule is C=CCn1c(CNC(=O)/C=C/c2ccc(OC)c(OC)c2)nnc1SCC(=O)Nc1ccc(C)c([N+](=O)[O-])c1. The lowest BCUT2D eigenvalue weighted by atomic mass is 10.2. The second kappa shape index (κ2) is 13.8. The number of nitrogens with zero attached hydrogens (tertiary/aromatic N) is 4. The number of hydrogen-bond donors (Lipinski definition) is 2. The Hall–Kier alpha value is -4.65. The van der Waals surface area contributed by atoms with Crippen LogP contribution in [0.3, 0.4) is 0 Å². The second-order valence-electron chi connectivity index (χ2n) is 8.06. The summed E-state index contributed by atoms with van der Waals surface area (Å²) in [5.41, 5.74) is 1.52. The van der Waals surface area contributed by atoms with Gasteiger partial charge in [-0.05, 0) is 36.8 Å². The average molecular weight is 553 g/mol. The van der Waals surface area contributed by atoms with Crippen molar-refractivity contribution in [1.29, 1.82) is 0 Å². The number of nitro benzene ring substituents is 1. The van der Waals surface area contributed by atoms with Gasteiger partial charge in [0.05, 0.1) is 31.4 Å². The highest BCUT2D eigenvalue weighted by molar-refractivity contribution is 7.99. The summed E-state index contributed by atoms with van der Waals surface area (Å²) in [6.07, 6.45) is 4.69. The number of amides is 2. The molecule has 1 heterocycles. The molecule has 0 saturated carbocycles. The van der Waals surface area contributed by atoms with Crippen LogP contribution < -0.4 is 20.1 Å². The smallest absolute Gasteiger partial charge is 0.274 e. The van der Waals surface area contributed by atoms with Gasteiger partial charge in [0.2, 0.25) is 11.8 Å². The normalized spacial score (nSPS) is 10.7. The molecule has 39 heavy (non-hydrogen) atoms. The summed E-state index contributed by atoms with van der Waals surface area (Å²) in [7, 11) is 3.08. The van der Waals surface area contributed by atoms with Crippen LogP contribution in [0, 0.1) is 17.0 Å². The molecule has 0 aliphatic heterocycles. The van der Waals surface area contributed by atoms with Gasteiger partial charge in [0.15, 0.2) is 22.5 Å². The summed E-state index contributed by atoms with van der Waals surface area (Å²) in [5.74, 6) is 0.930. The van der Waals surface area contributed by atoms with E-state index in [1.807, 2.05) is 0 Å². The van der Waals surface area contributed by atoms with Crippen molar-refractivity contribution in [3.8, 4) is 11.5 Å². The van der Waals surface area contributed by atoms with Crippen LogP contribution in [-0.2, 0) is 22.7 Å². The molecule has 0 aliphatic carbocycles. The van der Waals surface area contributed by atoms with Crippen LogP contribution in [0.25, 0.3) is 6.08 Å². The Balaban J connectivity index is 1.58. The Kier molecular flexibility index (Phi) is 10.2. The van der Waals surface area contributed by atoms with E-state index in [1.54, 1.807) is 61.1 Å². The lowest BCUT2D eigenvalue weighted by molar-refractivity contribution is -0.385. The van der Waals surface area contributed by atoms with Crippen LogP contribution in [0.5, 0.6) is 11.5 Å². The molecule has 1 aromatic heterocycles. The molecule has 0 saturated heterocycles. The minimum atomic E-state index is -0.496. The number of thioether (sulfide) groups is 1. The standard InChI is InChI=1S/C26H28N6O6S/c1-5-12-31-23(15-27-24(33)11-8-18-7-10-21(37-3)22(13-18)38-4)29-30-26(31)39-16-25(34)28-19-9-6-17(2)20(14-19)32(35)36/h5-11,13-14H,1,12,15-16H2,2-4H3,(H,27,33)(H,28,34)/b11-8+. The number of nitrogens with one attached hydrogen (secondary N) is 2. The molecule has 0 aliphatic rings. The number of carbonyl (C=O) groups excluding carboxylic acids is 2. The molecule has 3 aromatic rings. The van der Waals surface area contributed by atoms with Crippen LogP contribution in [0.15, 0.2) is 60.3 Å². The Morgan fingerprint density at radius 1 is 1.15 bits per heavy atom. The zero-order valence-corrected chi connectivity index (χ0v) is 22.5. The molecular weight excluding hydrogens is 524 g/mol. The van der Waals surface area contributed by atoms with Gasteiger partial charge in [-0.1, -0.05) is 30.0 Å². The van der Waals surface area contributed by atoms with Crippen LogP contribution in [0.2, 0.25) is 0 Å². The maximum Gasteiger partial charge on any atom is 0.274 e. The summed E-state index contributed by atoms with van der Waals surface area (Å²) in [6, 6.07) is 9.79. The van der Waals surface area contributed by atoms with Crippen molar-refractivity contribution in [2.75, 3.05) is 25.3 Å². The average Bonchev–Trinajstić information content (AvgIpc) is 3.31. The fourth-order valence-corrected chi connectivity index (χ4v) is 4.20. The number of hydrogen-bond acceptors (Lipinski definition) is 9. The van der Waals surface area contributed by atoms with Gasteiger partial charge in [0, 0.05) is 29.9 Å². The van der Waals surface area contributed by atoms with Crippen molar-refractivity contribution in [2.24, 2.45) is 0 Å². The van der Waals surface area contributed by atoms with Crippen molar-refractivity contribution >= 4 is 41.0 Å². The molecule has 2 amide bonds. The number of allylic oxidation sites excluding steroid dienone is 1. The topological polar surface area (TPSA) is 151 Å². The monoisotopic (exact) mass is 552 g/mol. The molecule has 0 spiro atoms. The molecule has 3 rings (SSSR count). The van der Waals surface area contributed by atoms with E-state index in [4.69, 9.17) is 9.47 Å². The Bertz CT molecular complexity index is 1400. The summed E-state index contributed by atoms with van der Waals surface area (Å²) in [5, 5.41) is 25.3. The zero-order valence-electron chi connectivity index (χ0n) is 21.7. The number of ether oxygens (including phenoxy) is 2. The number of aryl methyl sites for hydroxylation is 1. The minimum Gasteiger partial charge on any atom is -0.493 e. The van der Waals surface area contributed by atoms with E-state index < -0.39 is 4.92 Å². The van der Waals surface area contributed by atoms with Crippen molar-refractivity contribution in [2.45, 2.75) is 25.2 Å². The van der Waals surface area contributed by atoms with Crippen molar-refractivity contribution in [3.63, 3.8) is 0 Å². The molecule has 2 aromatic carbocycles. The summed E-state index contributed by atoms with van der Waals surface area (Å²) < 4.78 is 12.2. The highest BCUT2D eigenvalue weighted by Gasteiger charge is 2.16. The maximum absolute atomic E-state index is 12.4. The molecule has 0 radical (unpaired) electrons. The van der Waals surface area contributed by atoms with Gasteiger partial charge in [0.1, 0.15) is 0 Å². The molecule has 204 valence electrons. The molecule has 2 N–H and O–H groups in total. The minimum absolute atomic E-state index is 0.00261. The van der Waals surface area contributed by atoms with Gasteiger partial charge >= 0.3 is 0 Å². The van der Waals surface area contributed by atoms with Crippen LogP contribution in [0.4, 0.5) is 11.4 Å². The number of rotatable bonds is 13. The third-order valence-electron chi connectivity index (χ3n) is 5.38. The highest BCUT2D eigenvalue weighted by atomic mass is 32.2. The zero-order chi connectivity index (χ0) is 28.4. The quantitative estimate of drug-likeness (QED) is 0.106. The van der Waals surface area contributed by atoms with Gasteiger partial charge in [-0.15, -0.1) is 16.8 Å². The van der Waals surface area contributed by atoms with Gasteiger partial charge in [-0.2, -0.15) is 0 Å². The predicted molar refractivity (Wildman–Crippen MR) is 148 cm³/mol. The van der Waals surface area contributed by atoms with Crippen LogP contribution in [-0.4, -0.2) is 51.5 Å². The summed E-state index contributed by atoms with van der Waals surface area (Å²) in [4.78, 5) is 35.5. The first-order valence-corrected chi connectivity index (χ1v) is 12.6. The number of aromatic nitrogens is 3. The lowest BCUT2D eigenvalue weighted by Gasteiger charge is -2.09. The number of benzene rings is 2. The van der Waals surface area contributed by atoms with Gasteiger partial charge < -0.3 is 24.7 Å². The van der Waals surface area contributed by atoms with E-state index >= 15 is 0 Å². The molecule has 0 atom stereocenters. The van der Waals surface area contributed by atoms with Gasteiger partial charge in [0.25, 0.3) is 5.69 Å². The number of methoxy groups -OCH3 is 2. The Labute approximate surface area is 229 Å². The lowest BCUT2D eigenvalue weighted by Crippen LogP contribution is -2.23. The second-order valence-corrected chi connectivity index (χ2v) is 9.00. The summed E-state index contributed by atoms with van der Waals surface area (Å²) >= 11 is 1.14. The molecule has 0 bridgehead atoms. The molecule has 12 nitrogen and oxygen atoms in total. The third kappa shape index (κ3) is 7.92. The third-order valence-corrected chi connectivity index (χ3v) is 6.35. The van der Waals surface area contributed by atoms with Crippen molar-refractivity contribution in [3.05, 3.63) is 82.2 Å². The Morgan fingerprint density at radius 3 is 2.62 bits per heavy atom. The molecular formula is C26H28N6O6S. The van der Waals surface area contributed by atoms with Crippen LogP contribution >= 0.6 is 11.8 Å². The molecule has 0 fully saturated rings.